The van der Waals surface area contributed by atoms with E-state index in [1.807, 2.05) is 49.4 Å². The number of fused-ring (bicyclic) bond motifs is 1. The van der Waals surface area contributed by atoms with Crippen LogP contribution in [0.4, 0.5) is 0 Å². The molecule has 0 aliphatic carbocycles. The highest BCUT2D eigenvalue weighted by atomic mass is 79.9. The fourth-order valence-electron chi connectivity index (χ4n) is 2.50. The SMILES string of the molecule is Cc1ccc(OCC(=O)Oc2ccc3ccccc3c2C=O)c(Br)c1. The topological polar surface area (TPSA) is 52.6 Å². The molecule has 0 amide bonds. The van der Waals surface area contributed by atoms with Crippen LogP contribution < -0.4 is 9.47 Å². The van der Waals surface area contributed by atoms with Crippen molar-refractivity contribution in [1.82, 2.24) is 0 Å². The predicted molar refractivity (Wildman–Crippen MR) is 99.3 cm³/mol. The van der Waals surface area contributed by atoms with E-state index in [1.165, 1.54) is 0 Å². The Balaban J connectivity index is 1.74. The van der Waals surface area contributed by atoms with Crippen LogP contribution in [0.5, 0.6) is 11.5 Å². The van der Waals surface area contributed by atoms with Crippen LogP contribution in [0.1, 0.15) is 15.9 Å². The smallest absolute Gasteiger partial charge is 0.349 e. The summed E-state index contributed by atoms with van der Waals surface area (Å²) in [6, 6.07) is 16.4. The lowest BCUT2D eigenvalue weighted by Crippen LogP contribution is -2.18. The van der Waals surface area contributed by atoms with Crippen LogP contribution in [-0.2, 0) is 4.79 Å². The van der Waals surface area contributed by atoms with Gasteiger partial charge < -0.3 is 9.47 Å². The Morgan fingerprint density at radius 3 is 2.60 bits per heavy atom. The highest BCUT2D eigenvalue weighted by Gasteiger charge is 2.13. The second-order valence-electron chi connectivity index (χ2n) is 5.51. The number of carbonyl (C=O) groups excluding carboxylic acids is 2. The molecule has 3 aromatic rings. The molecule has 0 aliphatic rings. The number of aldehydes is 1. The second kappa shape index (κ2) is 7.49. The first-order valence-electron chi connectivity index (χ1n) is 7.65. The Hall–Kier alpha value is -2.66. The highest BCUT2D eigenvalue weighted by Crippen LogP contribution is 2.28. The van der Waals surface area contributed by atoms with E-state index in [0.29, 0.717) is 17.6 Å². The molecule has 0 atom stereocenters. The molecule has 0 bridgehead atoms. The maximum atomic E-state index is 12.1. The quantitative estimate of drug-likeness (QED) is 0.354. The molecule has 0 N–H and O–H groups in total. The molecule has 0 aliphatic heterocycles. The van der Waals surface area contributed by atoms with Gasteiger partial charge in [0, 0.05) is 0 Å². The van der Waals surface area contributed by atoms with Crippen LogP contribution in [0.25, 0.3) is 10.8 Å². The molecule has 0 saturated carbocycles. The zero-order valence-corrected chi connectivity index (χ0v) is 15.1. The number of rotatable bonds is 5. The van der Waals surface area contributed by atoms with Crippen molar-refractivity contribution < 1.29 is 19.1 Å². The van der Waals surface area contributed by atoms with Crippen molar-refractivity contribution in [3.05, 3.63) is 70.2 Å². The third-order valence-corrected chi connectivity index (χ3v) is 4.32. The van der Waals surface area contributed by atoms with Gasteiger partial charge in [-0.15, -0.1) is 0 Å². The minimum Gasteiger partial charge on any atom is -0.481 e. The van der Waals surface area contributed by atoms with Gasteiger partial charge in [-0.3, -0.25) is 4.79 Å². The molecule has 0 radical (unpaired) electrons. The predicted octanol–water partition coefficient (Wildman–Crippen LogP) is 4.71. The van der Waals surface area contributed by atoms with Crippen LogP contribution in [0, 0.1) is 6.92 Å². The summed E-state index contributed by atoms with van der Waals surface area (Å²) in [5.74, 6) is 0.202. The van der Waals surface area contributed by atoms with E-state index >= 15 is 0 Å². The third kappa shape index (κ3) is 3.88. The van der Waals surface area contributed by atoms with Crippen molar-refractivity contribution in [1.29, 1.82) is 0 Å². The van der Waals surface area contributed by atoms with Crippen molar-refractivity contribution in [3.63, 3.8) is 0 Å². The van der Waals surface area contributed by atoms with Crippen LogP contribution in [0.15, 0.2) is 59.1 Å². The third-order valence-electron chi connectivity index (χ3n) is 3.71. The lowest BCUT2D eigenvalue weighted by Gasteiger charge is -2.11. The van der Waals surface area contributed by atoms with Crippen LogP contribution in [0.2, 0.25) is 0 Å². The number of halogens is 1. The molecular weight excluding hydrogens is 384 g/mol. The molecule has 0 saturated heterocycles. The van der Waals surface area contributed by atoms with Gasteiger partial charge in [0.15, 0.2) is 12.9 Å². The van der Waals surface area contributed by atoms with E-state index in [0.717, 1.165) is 20.8 Å². The van der Waals surface area contributed by atoms with Gasteiger partial charge in [0.05, 0.1) is 10.0 Å². The molecule has 0 heterocycles. The molecule has 0 fully saturated rings. The average Bonchev–Trinajstić information content (AvgIpc) is 2.61. The Labute approximate surface area is 153 Å². The van der Waals surface area contributed by atoms with E-state index in [-0.39, 0.29) is 12.4 Å². The monoisotopic (exact) mass is 398 g/mol. The summed E-state index contributed by atoms with van der Waals surface area (Å²) in [7, 11) is 0. The van der Waals surface area contributed by atoms with Gasteiger partial charge in [-0.25, -0.2) is 4.79 Å². The van der Waals surface area contributed by atoms with Gasteiger partial charge in [-0.1, -0.05) is 36.4 Å². The number of benzene rings is 3. The normalized spacial score (nSPS) is 10.5. The molecule has 4 nitrogen and oxygen atoms in total. The van der Waals surface area contributed by atoms with Crippen molar-refractivity contribution in [2.75, 3.05) is 6.61 Å². The summed E-state index contributed by atoms with van der Waals surface area (Å²) in [5.41, 5.74) is 1.43. The molecular formula is C20H15BrO4. The first-order chi connectivity index (χ1) is 12.1. The van der Waals surface area contributed by atoms with Crippen LogP contribution in [0.3, 0.4) is 0 Å². The average molecular weight is 399 g/mol. The van der Waals surface area contributed by atoms with Crippen LogP contribution >= 0.6 is 15.9 Å². The number of ether oxygens (including phenoxy) is 2. The molecule has 3 rings (SSSR count). The second-order valence-corrected chi connectivity index (χ2v) is 6.37. The maximum Gasteiger partial charge on any atom is 0.349 e. The fraction of sp³-hybridized carbons (Fsp3) is 0.100. The fourth-order valence-corrected chi connectivity index (χ4v) is 3.11. The van der Waals surface area contributed by atoms with Crippen molar-refractivity contribution in [3.8, 4) is 11.5 Å². The Kier molecular flexibility index (Phi) is 5.14. The van der Waals surface area contributed by atoms with E-state index in [4.69, 9.17) is 9.47 Å². The molecule has 3 aromatic carbocycles. The number of esters is 1. The molecule has 25 heavy (non-hydrogen) atoms. The molecule has 0 spiro atoms. The van der Waals surface area contributed by atoms with Gasteiger partial charge in [0.25, 0.3) is 0 Å². The zero-order valence-electron chi connectivity index (χ0n) is 13.5. The largest absolute Gasteiger partial charge is 0.481 e. The van der Waals surface area contributed by atoms with Crippen molar-refractivity contribution in [2.45, 2.75) is 6.92 Å². The van der Waals surface area contributed by atoms with Gasteiger partial charge >= 0.3 is 5.97 Å². The summed E-state index contributed by atoms with van der Waals surface area (Å²) in [6.45, 7) is 1.70. The minimum atomic E-state index is -0.578. The molecule has 0 unspecified atom stereocenters. The highest BCUT2D eigenvalue weighted by molar-refractivity contribution is 9.10. The first-order valence-corrected chi connectivity index (χ1v) is 8.44. The standard InChI is InChI=1S/C20H15BrO4/c1-13-6-8-19(17(21)10-13)24-12-20(23)25-18-9-7-14-4-2-3-5-15(14)16(18)11-22/h2-11H,12H2,1H3. The van der Waals surface area contributed by atoms with E-state index in [9.17, 15) is 9.59 Å². The van der Waals surface area contributed by atoms with Gasteiger partial charge in [-0.2, -0.15) is 0 Å². The summed E-state index contributed by atoms with van der Waals surface area (Å²) in [4.78, 5) is 23.5. The van der Waals surface area contributed by atoms with E-state index in [1.54, 1.807) is 12.1 Å². The Bertz CT molecular complexity index is 950. The van der Waals surface area contributed by atoms with Gasteiger partial charge in [0.1, 0.15) is 11.5 Å². The summed E-state index contributed by atoms with van der Waals surface area (Å²) < 4.78 is 11.6. The van der Waals surface area contributed by atoms with E-state index < -0.39 is 5.97 Å². The van der Waals surface area contributed by atoms with Gasteiger partial charge in [0.2, 0.25) is 0 Å². The van der Waals surface area contributed by atoms with Crippen molar-refractivity contribution in [2.24, 2.45) is 0 Å². The summed E-state index contributed by atoms with van der Waals surface area (Å²) >= 11 is 3.39. The van der Waals surface area contributed by atoms with Crippen molar-refractivity contribution >= 4 is 39.0 Å². The lowest BCUT2D eigenvalue weighted by molar-refractivity contribution is -0.136. The number of hydrogen-bond acceptors (Lipinski definition) is 4. The number of aryl methyl sites for hydroxylation is 1. The van der Waals surface area contributed by atoms with Gasteiger partial charge in [-0.05, 0) is 57.4 Å². The lowest BCUT2D eigenvalue weighted by atomic mass is 10.0. The zero-order chi connectivity index (χ0) is 17.8. The summed E-state index contributed by atoms with van der Waals surface area (Å²) in [6.07, 6.45) is 0.697. The maximum absolute atomic E-state index is 12.1. The first kappa shape index (κ1) is 17.2. The molecule has 0 aromatic heterocycles. The number of hydrogen-bond donors (Lipinski definition) is 0. The summed E-state index contributed by atoms with van der Waals surface area (Å²) in [5, 5.41) is 1.65. The van der Waals surface area contributed by atoms with E-state index in [2.05, 4.69) is 15.9 Å². The number of carbonyl (C=O) groups is 2. The molecule has 5 heteroatoms. The molecule has 126 valence electrons. The minimum absolute atomic E-state index is 0.227. The Morgan fingerprint density at radius 1 is 1.08 bits per heavy atom. The Morgan fingerprint density at radius 2 is 1.84 bits per heavy atom. The van der Waals surface area contributed by atoms with Crippen LogP contribution in [-0.4, -0.2) is 18.9 Å².